The van der Waals surface area contributed by atoms with Crippen molar-refractivity contribution in [2.75, 3.05) is 6.61 Å². The fourth-order valence-corrected chi connectivity index (χ4v) is 7.52. The number of rotatable bonds is 2. The minimum Gasteiger partial charge on any atom is -0.388 e. The molecule has 1 spiro atoms. The average Bonchev–Trinajstić information content (AvgIpc) is 3.28. The Balaban J connectivity index is 1.59. The first-order chi connectivity index (χ1) is 12.6. The minimum absolute atomic E-state index is 0.0224. The zero-order chi connectivity index (χ0) is 19.4. The number of carbonyl (C=O) groups is 2. The molecule has 1 aliphatic heterocycles. The Bertz CT molecular complexity index is 827. The molecule has 27 heavy (non-hydrogen) atoms. The van der Waals surface area contributed by atoms with Gasteiger partial charge in [0.25, 0.3) is 0 Å². The number of Topliss-reactive ketones (excluding diaryl/α,β-unsaturated/α-hetero) is 1. The van der Waals surface area contributed by atoms with Crippen LogP contribution >= 0.6 is 0 Å². The average molecular weight is 372 g/mol. The topological polar surface area (TPSA) is 87.1 Å². The molecule has 0 bridgehead atoms. The van der Waals surface area contributed by atoms with Crippen LogP contribution in [0.3, 0.4) is 0 Å². The predicted molar refractivity (Wildman–Crippen MR) is 97.8 cm³/mol. The van der Waals surface area contributed by atoms with Crippen molar-refractivity contribution in [2.24, 2.45) is 22.7 Å². The van der Waals surface area contributed by atoms with Crippen molar-refractivity contribution in [3.05, 3.63) is 23.3 Å². The number of allylic oxidation sites excluding steroid dienone is 2. The van der Waals surface area contributed by atoms with Crippen LogP contribution in [0.2, 0.25) is 0 Å². The molecule has 0 aromatic rings. The van der Waals surface area contributed by atoms with E-state index in [1.165, 1.54) is 5.57 Å². The third-order valence-corrected chi connectivity index (χ3v) is 8.99. The first kappa shape index (κ1) is 17.8. The fraction of sp³-hybridized carbons (Fsp3) is 0.727. The zero-order valence-corrected chi connectivity index (χ0v) is 16.2. The number of fused-ring (bicyclic) bond motifs is 3. The maximum absolute atomic E-state index is 12.4. The maximum Gasteiger partial charge on any atom is 0.190 e. The van der Waals surface area contributed by atoms with Gasteiger partial charge < -0.3 is 14.9 Å². The highest BCUT2D eigenvalue weighted by Gasteiger charge is 2.81. The molecule has 2 N–H and O–H groups in total. The molecule has 5 aliphatic rings. The van der Waals surface area contributed by atoms with Crippen LogP contribution in [0.15, 0.2) is 23.3 Å². The smallest absolute Gasteiger partial charge is 0.190 e. The van der Waals surface area contributed by atoms with Gasteiger partial charge in [-0.3, -0.25) is 9.59 Å². The van der Waals surface area contributed by atoms with E-state index in [0.717, 1.165) is 24.8 Å². The van der Waals surface area contributed by atoms with Gasteiger partial charge in [-0.15, -0.1) is 0 Å². The number of ketones is 2. The van der Waals surface area contributed by atoms with Gasteiger partial charge in [0.2, 0.25) is 0 Å². The molecule has 5 rings (SSSR count). The van der Waals surface area contributed by atoms with Gasteiger partial charge in [0.05, 0.1) is 6.10 Å². The molecule has 4 aliphatic carbocycles. The Morgan fingerprint density at radius 1 is 1.30 bits per heavy atom. The number of epoxide rings is 1. The van der Waals surface area contributed by atoms with Crippen molar-refractivity contribution in [1.82, 2.24) is 0 Å². The van der Waals surface area contributed by atoms with E-state index in [1.807, 2.05) is 19.9 Å². The summed E-state index contributed by atoms with van der Waals surface area (Å²) in [5, 5.41) is 20.7. The summed E-state index contributed by atoms with van der Waals surface area (Å²) in [7, 11) is 0. The van der Waals surface area contributed by atoms with Crippen LogP contribution in [-0.4, -0.2) is 45.7 Å². The molecular formula is C22H28O5. The third kappa shape index (κ3) is 1.77. The second-order valence-electron chi connectivity index (χ2n) is 9.82. The van der Waals surface area contributed by atoms with Crippen LogP contribution in [0.25, 0.3) is 0 Å². The van der Waals surface area contributed by atoms with E-state index >= 15 is 0 Å². The Morgan fingerprint density at radius 2 is 2.04 bits per heavy atom. The summed E-state index contributed by atoms with van der Waals surface area (Å²) in [6, 6.07) is 0. The lowest BCUT2D eigenvalue weighted by Crippen LogP contribution is -2.61. The monoisotopic (exact) mass is 372 g/mol. The minimum atomic E-state index is -1.46. The lowest BCUT2D eigenvalue weighted by Gasteiger charge is -2.55. The first-order valence-electron chi connectivity index (χ1n) is 10.1. The van der Waals surface area contributed by atoms with Crippen LogP contribution in [-0.2, 0) is 14.3 Å². The highest BCUT2D eigenvalue weighted by atomic mass is 16.6. The summed E-state index contributed by atoms with van der Waals surface area (Å²) in [5.74, 6) is 0.0730. The molecule has 1 saturated heterocycles. The van der Waals surface area contributed by atoms with Crippen molar-refractivity contribution in [3.8, 4) is 0 Å². The fourth-order valence-electron chi connectivity index (χ4n) is 7.52. The van der Waals surface area contributed by atoms with Gasteiger partial charge in [0, 0.05) is 10.8 Å². The normalized spacial score (nSPS) is 52.8. The highest BCUT2D eigenvalue weighted by molar-refractivity contribution is 6.05. The van der Waals surface area contributed by atoms with Crippen molar-refractivity contribution in [1.29, 1.82) is 0 Å². The second kappa shape index (κ2) is 5.00. The Hall–Kier alpha value is -1.30. The number of aliphatic hydroxyl groups excluding tert-OH is 1. The molecule has 3 saturated carbocycles. The van der Waals surface area contributed by atoms with Crippen LogP contribution in [0.1, 0.15) is 52.9 Å². The van der Waals surface area contributed by atoms with Crippen LogP contribution in [0, 0.1) is 22.7 Å². The first-order valence-corrected chi connectivity index (χ1v) is 10.1. The number of hydrogen-bond donors (Lipinski definition) is 2. The van der Waals surface area contributed by atoms with Crippen LogP contribution < -0.4 is 0 Å². The van der Waals surface area contributed by atoms with E-state index in [0.29, 0.717) is 12.8 Å². The summed E-state index contributed by atoms with van der Waals surface area (Å²) in [5.41, 5.74) is -0.700. The summed E-state index contributed by atoms with van der Waals surface area (Å²) in [6.45, 7) is 5.47. The second-order valence-corrected chi connectivity index (χ2v) is 9.82. The van der Waals surface area contributed by atoms with Crippen molar-refractivity contribution in [3.63, 3.8) is 0 Å². The largest absolute Gasteiger partial charge is 0.388 e. The van der Waals surface area contributed by atoms with E-state index in [1.54, 1.807) is 0 Å². The zero-order valence-electron chi connectivity index (χ0n) is 16.2. The Labute approximate surface area is 159 Å². The lowest BCUT2D eigenvalue weighted by atomic mass is 9.46. The van der Waals surface area contributed by atoms with Gasteiger partial charge in [-0.1, -0.05) is 18.6 Å². The van der Waals surface area contributed by atoms with Gasteiger partial charge >= 0.3 is 0 Å². The van der Waals surface area contributed by atoms with Crippen molar-refractivity contribution < 1.29 is 24.5 Å². The molecule has 0 radical (unpaired) electrons. The third-order valence-electron chi connectivity index (χ3n) is 8.99. The molecule has 0 aromatic carbocycles. The SMILES string of the molecule is CC1=C[C@@]2(C)C(=CC1=O)CC[C@H]1[C@@H]3CC[C@](O)(C(=O)CO)[C@@]3(C)CC3O[C@]312. The maximum atomic E-state index is 12.4. The Kier molecular flexibility index (Phi) is 3.29. The molecule has 7 atom stereocenters. The van der Waals surface area contributed by atoms with Crippen molar-refractivity contribution in [2.45, 2.75) is 70.2 Å². The molecular weight excluding hydrogens is 344 g/mol. The van der Waals surface area contributed by atoms with Gasteiger partial charge in [-0.05, 0) is 69.4 Å². The van der Waals surface area contributed by atoms with Gasteiger partial charge in [-0.25, -0.2) is 0 Å². The molecule has 146 valence electrons. The van der Waals surface area contributed by atoms with Gasteiger partial charge in [-0.2, -0.15) is 0 Å². The standard InChI is InChI=1S/C22H28O5/c1-12-9-19(2)13(8-16(12)24)4-5-15-14-6-7-21(26,17(25)11-23)20(14,3)10-18-22(15,19)27-18/h8-9,14-15,18,23,26H,4-7,10-11H2,1-3H3/t14-,15-,18?,19-,20-,21-,22-/m0/s1. The van der Waals surface area contributed by atoms with E-state index in [9.17, 15) is 19.8 Å². The number of aliphatic hydroxyl groups is 2. The van der Waals surface area contributed by atoms with E-state index in [-0.39, 0.29) is 34.7 Å². The van der Waals surface area contributed by atoms with Gasteiger partial charge in [0.15, 0.2) is 11.6 Å². The summed E-state index contributed by atoms with van der Waals surface area (Å²) >= 11 is 0. The molecule has 5 heteroatoms. The molecule has 0 amide bonds. The molecule has 0 aromatic heterocycles. The molecule has 1 heterocycles. The van der Waals surface area contributed by atoms with Crippen LogP contribution in [0.5, 0.6) is 0 Å². The van der Waals surface area contributed by atoms with Gasteiger partial charge in [0.1, 0.15) is 17.8 Å². The number of hydrogen-bond acceptors (Lipinski definition) is 5. The highest BCUT2D eigenvalue weighted by Crippen LogP contribution is 2.75. The van der Waals surface area contributed by atoms with Crippen LogP contribution in [0.4, 0.5) is 0 Å². The van der Waals surface area contributed by atoms with E-state index in [2.05, 4.69) is 13.0 Å². The Morgan fingerprint density at radius 3 is 2.74 bits per heavy atom. The molecule has 4 fully saturated rings. The molecule has 1 unspecified atom stereocenters. The summed E-state index contributed by atoms with van der Waals surface area (Å²) in [4.78, 5) is 24.7. The number of ether oxygens (including phenoxy) is 1. The quantitative estimate of drug-likeness (QED) is 0.725. The lowest BCUT2D eigenvalue weighted by molar-refractivity contribution is -0.159. The van der Waals surface area contributed by atoms with Crippen molar-refractivity contribution >= 4 is 11.6 Å². The van der Waals surface area contributed by atoms with E-state index in [4.69, 9.17) is 4.74 Å². The summed E-state index contributed by atoms with van der Waals surface area (Å²) in [6.07, 6.45) is 7.49. The predicted octanol–water partition coefficient (Wildman–Crippen LogP) is 2.11. The summed E-state index contributed by atoms with van der Waals surface area (Å²) < 4.78 is 6.45. The number of carbonyl (C=O) groups excluding carboxylic acids is 2. The van der Waals surface area contributed by atoms with E-state index < -0.39 is 23.4 Å². The molecule has 5 nitrogen and oxygen atoms in total.